The molecule has 0 bridgehead atoms. The summed E-state index contributed by atoms with van der Waals surface area (Å²) < 4.78 is 11.3. The third kappa shape index (κ3) is 3.15. The normalized spacial score (nSPS) is 16.1. The molecule has 126 valence electrons. The molecule has 1 amide bonds. The zero-order valence-electron chi connectivity index (χ0n) is 14.2. The molecule has 0 saturated heterocycles. The van der Waals surface area contributed by atoms with Gasteiger partial charge in [-0.3, -0.25) is 4.79 Å². The fraction of sp³-hybridized carbons (Fsp3) is 0.316. The Morgan fingerprint density at radius 1 is 1.33 bits per heavy atom. The van der Waals surface area contributed by atoms with E-state index in [1.807, 2.05) is 50.4 Å². The summed E-state index contributed by atoms with van der Waals surface area (Å²) in [5.74, 6) is 1.30. The smallest absolute Gasteiger partial charge is 0.255 e. The Bertz CT molecular complexity index is 745. The predicted molar refractivity (Wildman–Crippen MR) is 95.4 cm³/mol. The SMILES string of the molecule is CCOc1ccccc1NC(=O)c1ccc2c(c1)N(C)C(C)CO2. The number of carbonyl (C=O) groups is 1. The lowest BCUT2D eigenvalue weighted by molar-refractivity contribution is 0.102. The zero-order valence-corrected chi connectivity index (χ0v) is 14.2. The predicted octanol–water partition coefficient (Wildman–Crippen LogP) is 3.55. The van der Waals surface area contributed by atoms with E-state index in [4.69, 9.17) is 9.47 Å². The number of hydrogen-bond acceptors (Lipinski definition) is 4. The lowest BCUT2D eigenvalue weighted by Gasteiger charge is -2.33. The van der Waals surface area contributed by atoms with E-state index < -0.39 is 0 Å². The van der Waals surface area contributed by atoms with Gasteiger partial charge in [0.2, 0.25) is 0 Å². The van der Waals surface area contributed by atoms with Gasteiger partial charge in [0.05, 0.1) is 24.0 Å². The van der Waals surface area contributed by atoms with Crippen LogP contribution >= 0.6 is 0 Å². The molecule has 5 nitrogen and oxygen atoms in total. The Morgan fingerprint density at radius 3 is 2.92 bits per heavy atom. The summed E-state index contributed by atoms with van der Waals surface area (Å²) in [6.45, 7) is 5.20. The summed E-state index contributed by atoms with van der Waals surface area (Å²) in [6, 6.07) is 13.2. The molecule has 1 aliphatic heterocycles. The third-order valence-corrected chi connectivity index (χ3v) is 4.18. The second kappa shape index (κ2) is 6.83. The molecule has 3 rings (SSSR count). The van der Waals surface area contributed by atoms with Crippen molar-refractivity contribution in [3.8, 4) is 11.5 Å². The fourth-order valence-electron chi connectivity index (χ4n) is 2.66. The van der Waals surface area contributed by atoms with Crippen LogP contribution < -0.4 is 19.7 Å². The summed E-state index contributed by atoms with van der Waals surface area (Å²) in [6.07, 6.45) is 0. The van der Waals surface area contributed by atoms with Crippen molar-refractivity contribution >= 4 is 17.3 Å². The van der Waals surface area contributed by atoms with Crippen molar-refractivity contribution in [1.82, 2.24) is 0 Å². The summed E-state index contributed by atoms with van der Waals surface area (Å²) >= 11 is 0. The first-order valence-corrected chi connectivity index (χ1v) is 8.13. The van der Waals surface area contributed by atoms with Crippen molar-refractivity contribution in [3.63, 3.8) is 0 Å². The number of anilines is 2. The average molecular weight is 326 g/mol. The molecule has 2 aromatic carbocycles. The molecule has 1 unspecified atom stereocenters. The molecule has 0 spiro atoms. The van der Waals surface area contributed by atoms with Gasteiger partial charge in [-0.1, -0.05) is 12.1 Å². The molecule has 0 fully saturated rings. The molecule has 1 aliphatic rings. The maximum atomic E-state index is 12.6. The highest BCUT2D eigenvalue weighted by Gasteiger charge is 2.22. The Kier molecular flexibility index (Phi) is 4.60. The number of carbonyl (C=O) groups excluding carboxylic acids is 1. The number of para-hydroxylation sites is 2. The molecular formula is C19H22N2O3. The first kappa shape index (κ1) is 16.2. The Hall–Kier alpha value is -2.69. The number of likely N-dealkylation sites (N-methyl/N-ethyl adjacent to an activating group) is 1. The number of fused-ring (bicyclic) bond motifs is 1. The van der Waals surface area contributed by atoms with Crippen LogP contribution in [0.4, 0.5) is 11.4 Å². The molecule has 1 N–H and O–H groups in total. The molecule has 0 radical (unpaired) electrons. The number of hydrogen-bond donors (Lipinski definition) is 1. The highest BCUT2D eigenvalue weighted by Crippen LogP contribution is 2.34. The minimum absolute atomic E-state index is 0.170. The molecule has 1 atom stereocenters. The highest BCUT2D eigenvalue weighted by molar-refractivity contribution is 6.05. The van der Waals surface area contributed by atoms with Gasteiger partial charge in [0, 0.05) is 12.6 Å². The molecule has 24 heavy (non-hydrogen) atoms. The summed E-state index contributed by atoms with van der Waals surface area (Å²) in [7, 11) is 2.01. The van der Waals surface area contributed by atoms with Gasteiger partial charge in [-0.2, -0.15) is 0 Å². The van der Waals surface area contributed by atoms with E-state index >= 15 is 0 Å². The van der Waals surface area contributed by atoms with Crippen molar-refractivity contribution in [2.24, 2.45) is 0 Å². The lowest BCUT2D eigenvalue weighted by Crippen LogP contribution is -2.38. The number of ether oxygens (including phenoxy) is 2. The zero-order chi connectivity index (χ0) is 17.1. The Labute approximate surface area is 142 Å². The monoisotopic (exact) mass is 326 g/mol. The van der Waals surface area contributed by atoms with Crippen LogP contribution in [0, 0.1) is 0 Å². The van der Waals surface area contributed by atoms with E-state index in [1.54, 1.807) is 6.07 Å². The third-order valence-electron chi connectivity index (χ3n) is 4.18. The van der Waals surface area contributed by atoms with Gasteiger partial charge < -0.3 is 19.7 Å². The molecule has 0 aliphatic carbocycles. The standard InChI is InChI=1S/C19H22N2O3/c1-4-23-17-8-6-5-7-15(17)20-19(22)14-9-10-18-16(11-14)21(3)13(2)12-24-18/h5-11,13H,4,12H2,1-3H3,(H,20,22). The van der Waals surface area contributed by atoms with Crippen molar-refractivity contribution in [2.45, 2.75) is 19.9 Å². The number of amides is 1. The van der Waals surface area contributed by atoms with Gasteiger partial charge in [0.25, 0.3) is 5.91 Å². The minimum Gasteiger partial charge on any atom is -0.492 e. The van der Waals surface area contributed by atoms with Gasteiger partial charge in [-0.05, 0) is 44.2 Å². The van der Waals surface area contributed by atoms with Crippen molar-refractivity contribution in [3.05, 3.63) is 48.0 Å². The van der Waals surface area contributed by atoms with Gasteiger partial charge >= 0.3 is 0 Å². The first-order chi connectivity index (χ1) is 11.6. The molecular weight excluding hydrogens is 304 g/mol. The van der Waals surface area contributed by atoms with Crippen LogP contribution in [-0.4, -0.2) is 32.2 Å². The fourth-order valence-corrected chi connectivity index (χ4v) is 2.66. The van der Waals surface area contributed by atoms with Crippen LogP contribution in [0.2, 0.25) is 0 Å². The largest absolute Gasteiger partial charge is 0.492 e. The number of nitrogens with zero attached hydrogens (tertiary/aromatic N) is 1. The van der Waals surface area contributed by atoms with E-state index in [9.17, 15) is 4.79 Å². The number of benzene rings is 2. The number of nitrogens with one attached hydrogen (secondary N) is 1. The van der Waals surface area contributed by atoms with Crippen LogP contribution in [0.15, 0.2) is 42.5 Å². The van der Waals surface area contributed by atoms with Gasteiger partial charge in [0.1, 0.15) is 18.1 Å². The van der Waals surface area contributed by atoms with Crippen LogP contribution in [0.25, 0.3) is 0 Å². The van der Waals surface area contributed by atoms with Gasteiger partial charge in [-0.15, -0.1) is 0 Å². The molecule has 0 saturated carbocycles. The van der Waals surface area contributed by atoms with Crippen LogP contribution in [0.1, 0.15) is 24.2 Å². The second-order valence-electron chi connectivity index (χ2n) is 5.84. The molecule has 2 aromatic rings. The van der Waals surface area contributed by atoms with Crippen LogP contribution in [0.5, 0.6) is 11.5 Å². The highest BCUT2D eigenvalue weighted by atomic mass is 16.5. The van der Waals surface area contributed by atoms with Crippen molar-refractivity contribution in [1.29, 1.82) is 0 Å². The molecule has 5 heteroatoms. The lowest BCUT2D eigenvalue weighted by atomic mass is 10.1. The van der Waals surface area contributed by atoms with E-state index in [1.165, 1.54) is 0 Å². The Balaban J connectivity index is 1.84. The summed E-state index contributed by atoms with van der Waals surface area (Å²) in [5.41, 5.74) is 2.18. The Morgan fingerprint density at radius 2 is 2.12 bits per heavy atom. The first-order valence-electron chi connectivity index (χ1n) is 8.13. The van der Waals surface area contributed by atoms with Crippen molar-refractivity contribution < 1.29 is 14.3 Å². The summed E-state index contributed by atoms with van der Waals surface area (Å²) in [4.78, 5) is 14.7. The quantitative estimate of drug-likeness (QED) is 0.933. The summed E-state index contributed by atoms with van der Waals surface area (Å²) in [5, 5.41) is 2.92. The number of rotatable bonds is 4. The van der Waals surface area contributed by atoms with Gasteiger partial charge in [0.15, 0.2) is 0 Å². The van der Waals surface area contributed by atoms with E-state index in [-0.39, 0.29) is 11.9 Å². The van der Waals surface area contributed by atoms with Gasteiger partial charge in [-0.25, -0.2) is 0 Å². The molecule has 1 heterocycles. The average Bonchev–Trinajstić information content (AvgIpc) is 2.60. The van der Waals surface area contributed by atoms with Crippen molar-refractivity contribution in [2.75, 3.05) is 30.5 Å². The minimum atomic E-state index is -0.170. The maximum absolute atomic E-state index is 12.6. The molecule has 0 aromatic heterocycles. The second-order valence-corrected chi connectivity index (χ2v) is 5.84. The topological polar surface area (TPSA) is 50.8 Å². The maximum Gasteiger partial charge on any atom is 0.255 e. The van der Waals surface area contributed by atoms with Crippen LogP contribution in [-0.2, 0) is 0 Å². The van der Waals surface area contributed by atoms with E-state index in [0.29, 0.717) is 30.2 Å². The van der Waals surface area contributed by atoms with E-state index in [2.05, 4.69) is 17.1 Å². The van der Waals surface area contributed by atoms with Crippen LogP contribution in [0.3, 0.4) is 0 Å². The van der Waals surface area contributed by atoms with E-state index in [0.717, 1.165) is 11.4 Å².